The summed E-state index contributed by atoms with van der Waals surface area (Å²) in [6, 6.07) is 1.84. The van der Waals surface area contributed by atoms with Crippen LogP contribution >= 0.6 is 0 Å². The van der Waals surface area contributed by atoms with E-state index in [9.17, 15) is 13.2 Å². The lowest BCUT2D eigenvalue weighted by Crippen LogP contribution is -2.55. The topological polar surface area (TPSA) is 99.0 Å². The van der Waals surface area contributed by atoms with Crippen LogP contribution in [0.3, 0.4) is 0 Å². The second-order valence-corrected chi connectivity index (χ2v) is 10.3. The third-order valence-electron chi connectivity index (χ3n) is 5.86. The first kappa shape index (κ1) is 22.2. The minimum absolute atomic E-state index is 0.107. The summed E-state index contributed by atoms with van der Waals surface area (Å²) >= 11 is 0. The molecule has 0 bridgehead atoms. The molecule has 1 aliphatic carbocycles. The minimum atomic E-state index is -3.45. The van der Waals surface area contributed by atoms with Crippen molar-refractivity contribution in [1.82, 2.24) is 18.7 Å². The number of aromatic nitrogens is 1. The molecule has 164 valence electrons. The number of anilines is 1. The van der Waals surface area contributed by atoms with Crippen LogP contribution in [0.5, 0.6) is 0 Å². The number of carbonyl (C=O) groups excluding carboxylic acids is 1. The van der Waals surface area contributed by atoms with Gasteiger partial charge in [-0.05, 0) is 18.8 Å². The number of carbonyl (C=O) groups is 1. The smallest absolute Gasteiger partial charge is 0.282 e. The summed E-state index contributed by atoms with van der Waals surface area (Å²) < 4.78 is 34.1. The van der Waals surface area contributed by atoms with E-state index >= 15 is 0 Å². The van der Waals surface area contributed by atoms with Crippen molar-refractivity contribution < 1.29 is 17.7 Å². The Morgan fingerprint density at radius 3 is 2.48 bits per heavy atom. The molecule has 0 aromatic carbocycles. The fourth-order valence-corrected chi connectivity index (χ4v) is 5.51. The number of nitrogens with zero attached hydrogens (tertiary/aromatic N) is 4. The zero-order chi connectivity index (χ0) is 21.0. The van der Waals surface area contributed by atoms with Crippen LogP contribution in [0.2, 0.25) is 0 Å². The van der Waals surface area contributed by atoms with Crippen LogP contribution in [0.25, 0.3) is 0 Å². The van der Waals surface area contributed by atoms with Crippen LogP contribution in [-0.4, -0.2) is 78.8 Å². The molecule has 1 N–H and O–H groups in total. The third-order valence-corrected chi connectivity index (χ3v) is 7.90. The van der Waals surface area contributed by atoms with Gasteiger partial charge in [0.1, 0.15) is 0 Å². The summed E-state index contributed by atoms with van der Waals surface area (Å²) in [4.78, 5) is 14.2. The number of hydrogen-bond acceptors (Lipinski definition) is 6. The molecule has 1 amide bonds. The van der Waals surface area contributed by atoms with Crippen molar-refractivity contribution >= 4 is 22.0 Å². The first-order valence-corrected chi connectivity index (χ1v) is 11.9. The minimum Gasteiger partial charge on any atom is -0.338 e. The van der Waals surface area contributed by atoms with E-state index in [4.69, 9.17) is 4.52 Å². The van der Waals surface area contributed by atoms with E-state index < -0.39 is 10.2 Å². The normalized spacial score (nSPS) is 20.4. The van der Waals surface area contributed by atoms with Crippen molar-refractivity contribution in [2.24, 2.45) is 0 Å². The maximum absolute atomic E-state index is 12.9. The van der Waals surface area contributed by atoms with Crippen LogP contribution in [-0.2, 0) is 15.0 Å². The summed E-state index contributed by atoms with van der Waals surface area (Å²) in [6.07, 6.45) is 5.26. The highest BCUT2D eigenvalue weighted by Gasteiger charge is 2.34. The van der Waals surface area contributed by atoms with E-state index in [0.717, 1.165) is 31.4 Å². The second kappa shape index (κ2) is 9.55. The van der Waals surface area contributed by atoms with Crippen molar-refractivity contribution in [1.29, 1.82) is 0 Å². The molecule has 0 unspecified atom stereocenters. The summed E-state index contributed by atoms with van der Waals surface area (Å²) in [5.41, 5.74) is 0.793. The number of nitrogens with one attached hydrogen (secondary N) is 1. The van der Waals surface area contributed by atoms with Gasteiger partial charge in [0.25, 0.3) is 10.2 Å². The molecule has 1 aromatic rings. The lowest BCUT2D eigenvalue weighted by Gasteiger charge is -2.38. The SMILES string of the molecule is CC(C)c1cc(NC(=O)CN2CCN(S(=O)(=O)N(C)C3CCCCC3)CC2)on1. The number of amides is 1. The van der Waals surface area contributed by atoms with E-state index in [1.165, 1.54) is 6.42 Å². The molecule has 3 rings (SSSR count). The molecule has 2 heterocycles. The van der Waals surface area contributed by atoms with Crippen LogP contribution < -0.4 is 5.32 Å². The van der Waals surface area contributed by atoms with Gasteiger partial charge in [-0.1, -0.05) is 38.3 Å². The van der Waals surface area contributed by atoms with Gasteiger partial charge in [0.15, 0.2) is 0 Å². The molecule has 1 saturated heterocycles. The standard InChI is InChI=1S/C19H33N5O4S/c1-15(2)17-13-19(28-21-17)20-18(25)14-23-9-11-24(12-10-23)29(26,27)22(3)16-7-5-4-6-8-16/h13,15-16H,4-12,14H2,1-3H3,(H,20,25). The monoisotopic (exact) mass is 427 g/mol. The third kappa shape index (κ3) is 5.56. The highest BCUT2D eigenvalue weighted by atomic mass is 32.2. The van der Waals surface area contributed by atoms with Crippen molar-refractivity contribution in [2.75, 3.05) is 45.1 Å². The van der Waals surface area contributed by atoms with E-state index in [-0.39, 0.29) is 24.4 Å². The van der Waals surface area contributed by atoms with Crippen molar-refractivity contribution in [2.45, 2.75) is 57.9 Å². The lowest BCUT2D eigenvalue weighted by atomic mass is 9.96. The van der Waals surface area contributed by atoms with Crippen LogP contribution in [0.1, 0.15) is 57.6 Å². The maximum atomic E-state index is 12.9. The van der Waals surface area contributed by atoms with E-state index in [1.54, 1.807) is 21.7 Å². The Bertz CT molecular complexity index is 780. The highest BCUT2D eigenvalue weighted by molar-refractivity contribution is 7.86. The molecule has 1 saturated carbocycles. The Balaban J connectivity index is 1.47. The number of piperazine rings is 1. The molecule has 29 heavy (non-hydrogen) atoms. The average molecular weight is 428 g/mol. The summed E-state index contributed by atoms with van der Waals surface area (Å²) in [6.45, 7) is 6.05. The van der Waals surface area contributed by atoms with Gasteiger partial charge in [-0.25, -0.2) is 0 Å². The zero-order valence-electron chi connectivity index (χ0n) is 17.6. The van der Waals surface area contributed by atoms with Gasteiger partial charge >= 0.3 is 0 Å². The average Bonchev–Trinajstić information content (AvgIpc) is 3.17. The molecule has 1 aliphatic heterocycles. The fraction of sp³-hybridized carbons (Fsp3) is 0.789. The first-order valence-electron chi connectivity index (χ1n) is 10.5. The molecule has 0 spiro atoms. The van der Waals surface area contributed by atoms with Gasteiger partial charge in [-0.2, -0.15) is 17.0 Å². The number of hydrogen-bond donors (Lipinski definition) is 1. The molecule has 0 radical (unpaired) electrons. The van der Waals surface area contributed by atoms with Gasteiger partial charge in [-0.15, -0.1) is 0 Å². The quantitative estimate of drug-likeness (QED) is 0.713. The Morgan fingerprint density at radius 1 is 1.24 bits per heavy atom. The molecule has 1 aromatic heterocycles. The van der Waals surface area contributed by atoms with Gasteiger partial charge in [0.2, 0.25) is 11.8 Å². The Labute approximate surface area is 173 Å². The molecule has 2 aliphatic rings. The van der Waals surface area contributed by atoms with Crippen LogP contribution in [0.4, 0.5) is 5.88 Å². The Hall–Kier alpha value is -1.49. The summed E-state index contributed by atoms with van der Waals surface area (Å²) in [5.74, 6) is 0.382. The second-order valence-electron chi connectivity index (χ2n) is 8.31. The molecule has 0 atom stereocenters. The van der Waals surface area contributed by atoms with Gasteiger partial charge in [0, 0.05) is 45.3 Å². The fourth-order valence-electron chi connectivity index (χ4n) is 3.93. The Morgan fingerprint density at radius 2 is 1.90 bits per heavy atom. The molecule has 9 nitrogen and oxygen atoms in total. The largest absolute Gasteiger partial charge is 0.338 e. The highest BCUT2D eigenvalue weighted by Crippen LogP contribution is 2.25. The molecular formula is C19H33N5O4S. The molecular weight excluding hydrogens is 394 g/mol. The number of rotatable bonds is 7. The summed E-state index contributed by atoms with van der Waals surface area (Å²) in [7, 11) is -1.75. The van der Waals surface area contributed by atoms with E-state index in [0.29, 0.717) is 32.1 Å². The van der Waals surface area contributed by atoms with Gasteiger partial charge < -0.3 is 4.52 Å². The maximum Gasteiger partial charge on any atom is 0.282 e. The van der Waals surface area contributed by atoms with E-state index in [2.05, 4.69) is 10.5 Å². The van der Waals surface area contributed by atoms with Gasteiger partial charge in [0.05, 0.1) is 12.2 Å². The predicted molar refractivity (Wildman–Crippen MR) is 111 cm³/mol. The zero-order valence-corrected chi connectivity index (χ0v) is 18.4. The van der Waals surface area contributed by atoms with Gasteiger partial charge in [-0.3, -0.25) is 15.0 Å². The van der Waals surface area contributed by atoms with E-state index in [1.807, 2.05) is 18.7 Å². The van der Waals surface area contributed by atoms with Crippen molar-refractivity contribution in [3.8, 4) is 0 Å². The Kier molecular flexibility index (Phi) is 7.31. The van der Waals surface area contributed by atoms with Crippen LogP contribution in [0, 0.1) is 0 Å². The molecule has 2 fully saturated rings. The summed E-state index contributed by atoms with van der Waals surface area (Å²) in [5, 5.41) is 6.64. The van der Waals surface area contributed by atoms with Crippen molar-refractivity contribution in [3.05, 3.63) is 11.8 Å². The van der Waals surface area contributed by atoms with Crippen molar-refractivity contribution in [3.63, 3.8) is 0 Å². The molecule has 10 heteroatoms. The predicted octanol–water partition coefficient (Wildman–Crippen LogP) is 1.86. The van der Waals surface area contributed by atoms with Crippen LogP contribution in [0.15, 0.2) is 10.6 Å². The lowest BCUT2D eigenvalue weighted by molar-refractivity contribution is -0.117. The first-order chi connectivity index (χ1) is 13.8.